The molecule has 2 N–H and O–H groups in total. The summed E-state index contributed by atoms with van der Waals surface area (Å²) in [5.41, 5.74) is 4.38. The van der Waals surface area contributed by atoms with Gasteiger partial charge in [0.2, 0.25) is 11.8 Å². The number of amides is 2. The third kappa shape index (κ3) is 5.78. The monoisotopic (exact) mass is 359 g/mol. The molecule has 0 unspecified atom stereocenters. The van der Waals surface area contributed by atoms with E-state index in [2.05, 4.69) is 15.8 Å². The van der Waals surface area contributed by atoms with Gasteiger partial charge < -0.3 is 5.32 Å². The molecule has 0 heterocycles. The topological polar surface area (TPSA) is 70.6 Å². The van der Waals surface area contributed by atoms with Crippen molar-refractivity contribution in [2.75, 3.05) is 0 Å². The van der Waals surface area contributed by atoms with E-state index in [0.717, 1.165) is 21.9 Å². The molecule has 0 spiro atoms. The third-order valence-corrected chi connectivity index (χ3v) is 4.09. The Morgan fingerprint density at radius 2 is 1.52 bits per heavy atom. The van der Waals surface area contributed by atoms with Gasteiger partial charge in [0.1, 0.15) is 0 Å². The Hall–Kier alpha value is -3.47. The quantitative estimate of drug-likeness (QED) is 0.501. The maximum atomic E-state index is 11.8. The van der Waals surface area contributed by atoms with Crippen LogP contribution in [0.3, 0.4) is 0 Å². The van der Waals surface area contributed by atoms with Crippen molar-refractivity contribution >= 4 is 28.8 Å². The molecule has 5 nitrogen and oxygen atoms in total. The van der Waals surface area contributed by atoms with E-state index >= 15 is 0 Å². The lowest BCUT2D eigenvalue weighted by molar-refractivity contribution is -0.126. The first kappa shape index (κ1) is 18.3. The van der Waals surface area contributed by atoms with E-state index in [1.54, 1.807) is 6.21 Å². The molecule has 2 amide bonds. The molecule has 5 heteroatoms. The van der Waals surface area contributed by atoms with Crippen molar-refractivity contribution in [1.29, 1.82) is 0 Å². The van der Waals surface area contributed by atoms with Gasteiger partial charge in [-0.05, 0) is 28.0 Å². The van der Waals surface area contributed by atoms with Gasteiger partial charge in [0, 0.05) is 19.4 Å². The highest BCUT2D eigenvalue weighted by molar-refractivity contribution is 5.91. The van der Waals surface area contributed by atoms with E-state index in [1.165, 1.54) is 0 Å². The minimum absolute atomic E-state index is 0.0929. The number of carbonyl (C=O) groups excluding carboxylic acids is 2. The summed E-state index contributed by atoms with van der Waals surface area (Å²) < 4.78 is 0. The first-order valence-electron chi connectivity index (χ1n) is 8.82. The smallest absolute Gasteiger partial charge is 0.240 e. The zero-order chi connectivity index (χ0) is 18.9. The molecule has 3 aromatic rings. The molecule has 27 heavy (non-hydrogen) atoms. The van der Waals surface area contributed by atoms with Gasteiger partial charge in [0.15, 0.2) is 0 Å². The highest BCUT2D eigenvalue weighted by Gasteiger charge is 2.06. The third-order valence-electron chi connectivity index (χ3n) is 4.09. The average molecular weight is 359 g/mol. The molecule has 0 saturated heterocycles. The van der Waals surface area contributed by atoms with E-state index in [4.69, 9.17) is 0 Å². The number of hydrogen-bond donors (Lipinski definition) is 2. The number of hydrazone groups is 1. The van der Waals surface area contributed by atoms with Gasteiger partial charge in [-0.15, -0.1) is 0 Å². The molecule has 0 radical (unpaired) electrons. The molecule has 0 fully saturated rings. The predicted molar refractivity (Wildman–Crippen MR) is 107 cm³/mol. The van der Waals surface area contributed by atoms with E-state index in [1.807, 2.05) is 72.8 Å². The van der Waals surface area contributed by atoms with E-state index in [-0.39, 0.29) is 24.7 Å². The van der Waals surface area contributed by atoms with Crippen LogP contribution in [0.1, 0.15) is 24.0 Å². The molecule has 0 bridgehead atoms. The van der Waals surface area contributed by atoms with Gasteiger partial charge in [-0.3, -0.25) is 9.59 Å². The molecule has 0 aliphatic carbocycles. The van der Waals surface area contributed by atoms with Crippen LogP contribution in [0.15, 0.2) is 77.9 Å². The Balaban J connectivity index is 1.40. The average Bonchev–Trinajstić information content (AvgIpc) is 2.71. The fraction of sp³-hybridized carbons (Fsp3) is 0.136. The molecule has 0 aliphatic heterocycles. The zero-order valence-corrected chi connectivity index (χ0v) is 14.9. The number of rotatable bonds is 7. The Labute approximate surface area is 158 Å². The summed E-state index contributed by atoms with van der Waals surface area (Å²) in [5.74, 6) is -0.450. The van der Waals surface area contributed by atoms with Gasteiger partial charge in [0.05, 0.1) is 6.21 Å². The molecule has 136 valence electrons. The molecule has 0 aliphatic rings. The first-order chi connectivity index (χ1) is 13.2. The van der Waals surface area contributed by atoms with Crippen LogP contribution in [-0.4, -0.2) is 18.0 Å². The van der Waals surface area contributed by atoms with Gasteiger partial charge >= 0.3 is 0 Å². The number of nitrogens with zero attached hydrogens (tertiary/aromatic N) is 1. The van der Waals surface area contributed by atoms with Gasteiger partial charge in [-0.1, -0.05) is 66.7 Å². The number of nitrogens with one attached hydrogen (secondary N) is 2. The molecular weight excluding hydrogens is 338 g/mol. The highest BCUT2D eigenvalue weighted by atomic mass is 16.2. The summed E-state index contributed by atoms with van der Waals surface area (Å²) in [6, 6.07) is 23.6. The molecule has 3 rings (SSSR count). The fourth-order valence-electron chi connectivity index (χ4n) is 2.63. The lowest BCUT2D eigenvalue weighted by atomic mass is 10.1. The number of benzene rings is 3. The van der Waals surface area contributed by atoms with E-state index < -0.39 is 0 Å². The standard InChI is InChI=1S/C22H21N3O2/c26-21(23-15-17-6-2-1-3-7-17)12-13-22(27)25-24-16-18-10-11-19-8-4-5-9-20(19)14-18/h1-11,14,16H,12-13,15H2,(H,23,26)(H,25,27). The van der Waals surface area contributed by atoms with Crippen LogP contribution in [0, 0.1) is 0 Å². The summed E-state index contributed by atoms with van der Waals surface area (Å²) in [6.45, 7) is 0.460. The lowest BCUT2D eigenvalue weighted by Crippen LogP contribution is -2.25. The van der Waals surface area contributed by atoms with Crippen molar-refractivity contribution in [3.8, 4) is 0 Å². The van der Waals surface area contributed by atoms with Crippen LogP contribution in [0.4, 0.5) is 0 Å². The van der Waals surface area contributed by atoms with Crippen molar-refractivity contribution in [3.05, 3.63) is 83.9 Å². The van der Waals surface area contributed by atoms with E-state index in [9.17, 15) is 9.59 Å². The molecule has 0 atom stereocenters. The zero-order valence-electron chi connectivity index (χ0n) is 14.9. The number of fused-ring (bicyclic) bond motifs is 1. The summed E-state index contributed by atoms with van der Waals surface area (Å²) in [5, 5.41) is 9.03. The van der Waals surface area contributed by atoms with Crippen molar-refractivity contribution < 1.29 is 9.59 Å². The lowest BCUT2D eigenvalue weighted by Gasteiger charge is -2.05. The second kappa shape index (κ2) is 9.29. The maximum absolute atomic E-state index is 11.8. The van der Waals surface area contributed by atoms with Crippen LogP contribution in [0.2, 0.25) is 0 Å². The van der Waals surface area contributed by atoms with Gasteiger partial charge in [-0.25, -0.2) is 5.43 Å². The maximum Gasteiger partial charge on any atom is 0.240 e. The second-order valence-corrected chi connectivity index (χ2v) is 6.16. The Kier molecular flexibility index (Phi) is 6.30. The Morgan fingerprint density at radius 3 is 2.33 bits per heavy atom. The largest absolute Gasteiger partial charge is 0.352 e. The van der Waals surface area contributed by atoms with Crippen molar-refractivity contribution in [3.63, 3.8) is 0 Å². The summed E-state index contributed by atoms with van der Waals surface area (Å²) in [6.07, 6.45) is 1.82. The molecular formula is C22H21N3O2. The van der Waals surface area contributed by atoms with Crippen LogP contribution in [0.5, 0.6) is 0 Å². The minimum atomic E-state index is -0.290. The number of carbonyl (C=O) groups is 2. The predicted octanol–water partition coefficient (Wildman–Crippen LogP) is 3.39. The summed E-state index contributed by atoms with van der Waals surface area (Å²) in [7, 11) is 0. The Bertz CT molecular complexity index is 952. The van der Waals surface area contributed by atoms with Gasteiger partial charge in [0.25, 0.3) is 0 Å². The Morgan fingerprint density at radius 1 is 0.815 bits per heavy atom. The molecule has 0 aromatic heterocycles. The summed E-state index contributed by atoms with van der Waals surface area (Å²) >= 11 is 0. The van der Waals surface area contributed by atoms with Gasteiger partial charge in [-0.2, -0.15) is 5.10 Å². The van der Waals surface area contributed by atoms with Crippen LogP contribution in [-0.2, 0) is 16.1 Å². The molecule has 0 saturated carbocycles. The van der Waals surface area contributed by atoms with E-state index in [0.29, 0.717) is 6.54 Å². The summed E-state index contributed by atoms with van der Waals surface area (Å²) in [4.78, 5) is 23.6. The van der Waals surface area contributed by atoms with Crippen LogP contribution >= 0.6 is 0 Å². The number of hydrogen-bond acceptors (Lipinski definition) is 3. The van der Waals surface area contributed by atoms with Crippen molar-refractivity contribution in [2.24, 2.45) is 5.10 Å². The second-order valence-electron chi connectivity index (χ2n) is 6.16. The SMILES string of the molecule is O=C(CCC(=O)NN=Cc1ccc2ccccc2c1)NCc1ccccc1. The van der Waals surface area contributed by atoms with Crippen LogP contribution in [0.25, 0.3) is 10.8 Å². The normalized spacial score (nSPS) is 10.8. The minimum Gasteiger partial charge on any atom is -0.352 e. The van der Waals surface area contributed by atoms with Crippen LogP contribution < -0.4 is 10.7 Å². The molecule has 3 aromatic carbocycles. The highest BCUT2D eigenvalue weighted by Crippen LogP contribution is 2.14. The van der Waals surface area contributed by atoms with Crippen molar-refractivity contribution in [2.45, 2.75) is 19.4 Å². The van der Waals surface area contributed by atoms with Crippen molar-refractivity contribution in [1.82, 2.24) is 10.7 Å². The first-order valence-corrected chi connectivity index (χ1v) is 8.82. The fourth-order valence-corrected chi connectivity index (χ4v) is 2.63.